The summed E-state index contributed by atoms with van der Waals surface area (Å²) < 4.78 is 7.96. The van der Waals surface area contributed by atoms with E-state index in [2.05, 4.69) is 53.1 Å². The minimum absolute atomic E-state index is 0.480. The van der Waals surface area contributed by atoms with Crippen molar-refractivity contribution >= 4 is 0 Å². The lowest BCUT2D eigenvalue weighted by molar-refractivity contribution is 0.294. The van der Waals surface area contributed by atoms with Crippen molar-refractivity contribution in [1.29, 1.82) is 0 Å². The van der Waals surface area contributed by atoms with E-state index in [-0.39, 0.29) is 0 Å². The molecule has 6 heteroatoms. The second kappa shape index (κ2) is 8.10. The number of rotatable bonds is 7. The van der Waals surface area contributed by atoms with Gasteiger partial charge in [0.1, 0.15) is 24.5 Å². The van der Waals surface area contributed by atoms with Crippen molar-refractivity contribution in [2.24, 2.45) is 7.05 Å². The van der Waals surface area contributed by atoms with Crippen LogP contribution in [0.1, 0.15) is 28.2 Å². The maximum absolute atomic E-state index is 6.02. The van der Waals surface area contributed by atoms with Crippen molar-refractivity contribution in [2.75, 3.05) is 7.05 Å². The molecule has 0 radical (unpaired) electrons. The summed E-state index contributed by atoms with van der Waals surface area (Å²) in [5.74, 6) is 1.90. The summed E-state index contributed by atoms with van der Waals surface area (Å²) in [6, 6.07) is 10.2. The number of nitrogens with zero attached hydrogens (tertiary/aromatic N) is 5. The van der Waals surface area contributed by atoms with Crippen LogP contribution in [-0.4, -0.2) is 31.7 Å². The van der Waals surface area contributed by atoms with Crippen LogP contribution in [0, 0.1) is 13.8 Å². The Morgan fingerprint density at radius 1 is 1.12 bits per heavy atom. The molecule has 136 valence electrons. The smallest absolute Gasteiger partial charge is 0.146 e. The Hall–Kier alpha value is -2.73. The van der Waals surface area contributed by atoms with E-state index in [1.807, 2.05) is 29.8 Å². The van der Waals surface area contributed by atoms with Gasteiger partial charge in [-0.3, -0.25) is 9.88 Å². The highest BCUT2D eigenvalue weighted by Gasteiger charge is 2.10. The number of pyridine rings is 1. The molecule has 1 aromatic carbocycles. The summed E-state index contributed by atoms with van der Waals surface area (Å²) in [4.78, 5) is 6.54. The highest BCUT2D eigenvalue weighted by molar-refractivity contribution is 5.43. The Morgan fingerprint density at radius 2 is 1.88 bits per heavy atom. The molecule has 0 spiro atoms. The summed E-state index contributed by atoms with van der Waals surface area (Å²) in [6.45, 7) is 6.26. The third-order valence-electron chi connectivity index (χ3n) is 4.28. The van der Waals surface area contributed by atoms with Crippen LogP contribution in [0.5, 0.6) is 5.75 Å². The van der Waals surface area contributed by atoms with Crippen LogP contribution in [0.15, 0.2) is 42.9 Å². The van der Waals surface area contributed by atoms with Crippen LogP contribution in [0.3, 0.4) is 0 Å². The summed E-state index contributed by atoms with van der Waals surface area (Å²) >= 11 is 0. The van der Waals surface area contributed by atoms with Crippen molar-refractivity contribution in [1.82, 2.24) is 24.6 Å². The van der Waals surface area contributed by atoms with Crippen molar-refractivity contribution in [3.63, 3.8) is 0 Å². The molecule has 0 bridgehead atoms. The molecule has 0 amide bonds. The molecule has 3 rings (SSSR count). The van der Waals surface area contributed by atoms with E-state index in [0.717, 1.165) is 41.5 Å². The number of aromatic nitrogens is 4. The number of ether oxygens (including phenoxy) is 1. The maximum atomic E-state index is 6.02. The highest BCUT2D eigenvalue weighted by Crippen LogP contribution is 2.26. The average molecular weight is 351 g/mol. The van der Waals surface area contributed by atoms with Crippen LogP contribution < -0.4 is 4.74 Å². The molecular formula is C20H25N5O. The van der Waals surface area contributed by atoms with Gasteiger partial charge in [-0.25, -0.2) is 0 Å². The maximum Gasteiger partial charge on any atom is 0.146 e. The van der Waals surface area contributed by atoms with Gasteiger partial charge in [0.15, 0.2) is 0 Å². The Kier molecular flexibility index (Phi) is 5.63. The Morgan fingerprint density at radius 3 is 2.50 bits per heavy atom. The van der Waals surface area contributed by atoms with Crippen LogP contribution >= 0.6 is 0 Å². The molecule has 0 aliphatic carbocycles. The molecule has 26 heavy (non-hydrogen) atoms. The van der Waals surface area contributed by atoms with Crippen LogP contribution in [0.2, 0.25) is 0 Å². The first-order chi connectivity index (χ1) is 12.5. The van der Waals surface area contributed by atoms with Gasteiger partial charge in [-0.15, -0.1) is 10.2 Å². The summed E-state index contributed by atoms with van der Waals surface area (Å²) in [5, 5.41) is 8.08. The van der Waals surface area contributed by atoms with Gasteiger partial charge in [0.25, 0.3) is 0 Å². The fourth-order valence-corrected chi connectivity index (χ4v) is 3.05. The molecular weight excluding hydrogens is 326 g/mol. The van der Waals surface area contributed by atoms with E-state index in [1.165, 1.54) is 5.56 Å². The fraction of sp³-hybridized carbons (Fsp3) is 0.350. The number of benzene rings is 1. The molecule has 0 atom stereocenters. The molecule has 0 unspecified atom stereocenters. The van der Waals surface area contributed by atoms with Crippen molar-refractivity contribution in [3.8, 4) is 5.75 Å². The molecule has 0 saturated carbocycles. The average Bonchev–Trinajstić information content (AvgIpc) is 2.99. The second-order valence-electron chi connectivity index (χ2n) is 6.70. The molecule has 0 N–H and O–H groups in total. The summed E-state index contributed by atoms with van der Waals surface area (Å²) in [5.41, 5.74) is 4.47. The van der Waals surface area contributed by atoms with Gasteiger partial charge in [-0.05, 0) is 49.7 Å². The predicted molar refractivity (Wildman–Crippen MR) is 101 cm³/mol. The standard InChI is InChI=1S/C20H25N5O/c1-15-9-17(11-24(3)12-19-23-22-14-25(19)4)10-16(2)20(15)26-13-18-7-5-6-8-21-18/h5-10,14H,11-13H2,1-4H3. The molecule has 2 aromatic heterocycles. The van der Waals surface area contributed by atoms with Crippen LogP contribution in [0.25, 0.3) is 0 Å². The normalized spacial score (nSPS) is 11.1. The highest BCUT2D eigenvalue weighted by atomic mass is 16.5. The molecule has 0 aliphatic rings. The lowest BCUT2D eigenvalue weighted by atomic mass is 10.1. The van der Waals surface area contributed by atoms with Crippen molar-refractivity contribution in [2.45, 2.75) is 33.5 Å². The molecule has 2 heterocycles. The van der Waals surface area contributed by atoms with Gasteiger partial charge in [-0.2, -0.15) is 0 Å². The van der Waals surface area contributed by atoms with Gasteiger partial charge in [0.05, 0.1) is 12.2 Å². The minimum Gasteiger partial charge on any atom is -0.487 e. The zero-order valence-corrected chi connectivity index (χ0v) is 15.8. The third-order valence-corrected chi connectivity index (χ3v) is 4.28. The monoisotopic (exact) mass is 351 g/mol. The second-order valence-corrected chi connectivity index (χ2v) is 6.70. The van der Waals surface area contributed by atoms with Gasteiger partial charge in [0.2, 0.25) is 0 Å². The number of aryl methyl sites for hydroxylation is 3. The lowest BCUT2D eigenvalue weighted by Crippen LogP contribution is -2.19. The van der Waals surface area contributed by atoms with Gasteiger partial charge in [0, 0.05) is 19.8 Å². The SMILES string of the molecule is Cc1cc(CN(C)Cc2nncn2C)cc(C)c1OCc1ccccn1. The molecule has 6 nitrogen and oxygen atoms in total. The molecule has 0 fully saturated rings. The largest absolute Gasteiger partial charge is 0.487 e. The Balaban J connectivity index is 1.65. The van der Waals surface area contributed by atoms with E-state index >= 15 is 0 Å². The van der Waals surface area contributed by atoms with E-state index < -0.39 is 0 Å². The van der Waals surface area contributed by atoms with Gasteiger partial charge >= 0.3 is 0 Å². The minimum atomic E-state index is 0.480. The van der Waals surface area contributed by atoms with Crippen molar-refractivity contribution < 1.29 is 4.74 Å². The molecule has 3 aromatic rings. The van der Waals surface area contributed by atoms with E-state index in [9.17, 15) is 0 Å². The summed E-state index contributed by atoms with van der Waals surface area (Å²) in [7, 11) is 4.05. The van der Waals surface area contributed by atoms with Gasteiger partial charge in [-0.1, -0.05) is 18.2 Å². The van der Waals surface area contributed by atoms with Crippen LogP contribution in [-0.2, 0) is 26.7 Å². The summed E-state index contributed by atoms with van der Waals surface area (Å²) in [6.07, 6.45) is 3.51. The molecule has 0 aliphatic heterocycles. The number of hydrogen-bond acceptors (Lipinski definition) is 5. The predicted octanol–water partition coefficient (Wildman–Crippen LogP) is 3.04. The van der Waals surface area contributed by atoms with Crippen molar-refractivity contribution in [3.05, 3.63) is 71.1 Å². The van der Waals surface area contributed by atoms with Crippen LogP contribution in [0.4, 0.5) is 0 Å². The van der Waals surface area contributed by atoms with Gasteiger partial charge < -0.3 is 9.30 Å². The fourth-order valence-electron chi connectivity index (χ4n) is 3.05. The Bertz CT molecular complexity index is 837. The topological polar surface area (TPSA) is 56.1 Å². The van der Waals surface area contributed by atoms with E-state index in [0.29, 0.717) is 6.61 Å². The third kappa shape index (κ3) is 4.46. The zero-order valence-electron chi connectivity index (χ0n) is 15.8. The lowest BCUT2D eigenvalue weighted by Gasteiger charge is -2.18. The Labute approximate surface area is 154 Å². The number of hydrogen-bond donors (Lipinski definition) is 0. The molecule has 0 saturated heterocycles. The first-order valence-corrected chi connectivity index (χ1v) is 8.67. The first kappa shape index (κ1) is 18.1. The van der Waals surface area contributed by atoms with E-state index in [4.69, 9.17) is 4.74 Å². The zero-order chi connectivity index (χ0) is 18.5. The first-order valence-electron chi connectivity index (χ1n) is 8.67. The van der Waals surface area contributed by atoms with E-state index in [1.54, 1.807) is 12.5 Å². The quantitative estimate of drug-likeness (QED) is 0.655.